The topological polar surface area (TPSA) is 26.3 Å². The van der Waals surface area contributed by atoms with Crippen LogP contribution >= 0.6 is 0 Å². The molecular formula is C16H30O2. The minimum absolute atomic E-state index is 0.110. The summed E-state index contributed by atoms with van der Waals surface area (Å²) < 4.78 is 4.66. The third-order valence-electron chi connectivity index (χ3n) is 3.19. The second-order valence-corrected chi connectivity index (χ2v) is 5.85. The highest BCUT2D eigenvalue weighted by Gasteiger charge is 2.07. The zero-order valence-electron chi connectivity index (χ0n) is 12.7. The zero-order valence-corrected chi connectivity index (χ0v) is 12.7. The van der Waals surface area contributed by atoms with Gasteiger partial charge in [-0.2, -0.15) is 0 Å². The number of esters is 1. The van der Waals surface area contributed by atoms with Crippen molar-refractivity contribution in [2.24, 2.45) is 17.8 Å². The van der Waals surface area contributed by atoms with E-state index in [1.165, 1.54) is 26.4 Å². The number of hydrogen-bond donors (Lipinski definition) is 0. The molecule has 0 fully saturated rings. The maximum Gasteiger partial charge on any atom is 0.305 e. The molecule has 0 unspecified atom stereocenters. The number of allylic oxidation sites excluding steroid dienone is 2. The molecule has 2 heteroatoms. The van der Waals surface area contributed by atoms with Crippen LogP contribution in [0.3, 0.4) is 0 Å². The second kappa shape index (κ2) is 10.2. The summed E-state index contributed by atoms with van der Waals surface area (Å²) in [5, 5.41) is 0. The monoisotopic (exact) mass is 254 g/mol. The van der Waals surface area contributed by atoms with E-state index in [0.29, 0.717) is 18.3 Å². The van der Waals surface area contributed by atoms with Crippen molar-refractivity contribution in [3.63, 3.8) is 0 Å². The van der Waals surface area contributed by atoms with E-state index in [0.717, 1.165) is 12.3 Å². The molecular weight excluding hydrogens is 224 g/mol. The van der Waals surface area contributed by atoms with Crippen LogP contribution < -0.4 is 0 Å². The van der Waals surface area contributed by atoms with Crippen molar-refractivity contribution >= 4 is 5.97 Å². The van der Waals surface area contributed by atoms with E-state index >= 15 is 0 Å². The lowest BCUT2D eigenvalue weighted by molar-refractivity contribution is -0.141. The van der Waals surface area contributed by atoms with E-state index < -0.39 is 0 Å². The van der Waals surface area contributed by atoms with Crippen LogP contribution in [0.1, 0.15) is 59.8 Å². The quantitative estimate of drug-likeness (QED) is 0.444. The van der Waals surface area contributed by atoms with Crippen molar-refractivity contribution in [2.45, 2.75) is 59.8 Å². The Hall–Kier alpha value is -0.790. The first-order chi connectivity index (χ1) is 8.45. The number of carbonyl (C=O) groups is 1. The van der Waals surface area contributed by atoms with E-state index in [2.05, 4.69) is 44.6 Å². The third kappa shape index (κ3) is 10.4. The predicted molar refractivity (Wildman–Crippen MR) is 77.4 cm³/mol. The van der Waals surface area contributed by atoms with Gasteiger partial charge in [0.2, 0.25) is 0 Å². The van der Waals surface area contributed by atoms with E-state index in [9.17, 15) is 4.79 Å². The molecule has 0 bridgehead atoms. The first-order valence-corrected chi connectivity index (χ1v) is 7.19. The van der Waals surface area contributed by atoms with Gasteiger partial charge in [0, 0.05) is 6.42 Å². The smallest absolute Gasteiger partial charge is 0.305 e. The standard InChI is InChI=1S/C16H30O2/c1-13(2)8-6-9-14(3)10-7-11-15(4)12-16(17)18-5/h7,10,13-15H,6,8-9,11-12H2,1-5H3/t14-,15-/m1/s1. The van der Waals surface area contributed by atoms with Crippen molar-refractivity contribution in [3.8, 4) is 0 Å². The van der Waals surface area contributed by atoms with Crippen LogP contribution in [0.25, 0.3) is 0 Å². The number of hydrogen-bond acceptors (Lipinski definition) is 2. The lowest BCUT2D eigenvalue weighted by Crippen LogP contribution is -2.06. The van der Waals surface area contributed by atoms with Gasteiger partial charge in [-0.15, -0.1) is 0 Å². The van der Waals surface area contributed by atoms with Gasteiger partial charge < -0.3 is 4.74 Å². The van der Waals surface area contributed by atoms with E-state index in [1.807, 2.05) is 0 Å². The number of carbonyl (C=O) groups excluding carboxylic acids is 1. The molecule has 0 aromatic carbocycles. The predicted octanol–water partition coefficient (Wildman–Crippen LogP) is 4.59. The van der Waals surface area contributed by atoms with Crippen molar-refractivity contribution in [3.05, 3.63) is 12.2 Å². The first kappa shape index (κ1) is 17.2. The molecule has 0 heterocycles. The minimum atomic E-state index is -0.110. The lowest BCUT2D eigenvalue weighted by Gasteiger charge is -2.09. The molecule has 0 N–H and O–H groups in total. The summed E-state index contributed by atoms with van der Waals surface area (Å²) in [6, 6.07) is 0. The van der Waals surface area contributed by atoms with Crippen LogP contribution in [-0.2, 0) is 9.53 Å². The Balaban J connectivity index is 3.70. The number of rotatable bonds is 9. The van der Waals surface area contributed by atoms with Gasteiger partial charge in [-0.3, -0.25) is 4.79 Å². The lowest BCUT2D eigenvalue weighted by atomic mass is 9.97. The molecule has 0 amide bonds. The second-order valence-electron chi connectivity index (χ2n) is 5.85. The molecule has 18 heavy (non-hydrogen) atoms. The molecule has 2 atom stereocenters. The summed E-state index contributed by atoms with van der Waals surface area (Å²) in [5.74, 6) is 1.72. The van der Waals surface area contributed by atoms with Crippen molar-refractivity contribution in [1.82, 2.24) is 0 Å². The SMILES string of the molecule is COC(=O)C[C@H](C)CC=C[C@H](C)CCCC(C)C. The Labute approximate surface area is 113 Å². The van der Waals surface area contributed by atoms with Crippen LogP contribution in [0.15, 0.2) is 12.2 Å². The average Bonchev–Trinajstić information content (AvgIpc) is 2.28. The summed E-state index contributed by atoms with van der Waals surface area (Å²) in [6.45, 7) is 8.90. The molecule has 0 saturated carbocycles. The summed E-state index contributed by atoms with van der Waals surface area (Å²) in [4.78, 5) is 11.1. The Bertz CT molecular complexity index is 243. The highest BCUT2D eigenvalue weighted by molar-refractivity contribution is 5.69. The van der Waals surface area contributed by atoms with Gasteiger partial charge in [0.25, 0.3) is 0 Å². The molecule has 106 valence electrons. The average molecular weight is 254 g/mol. The van der Waals surface area contributed by atoms with Crippen LogP contribution in [0, 0.1) is 17.8 Å². The van der Waals surface area contributed by atoms with Gasteiger partial charge in [0.15, 0.2) is 0 Å². The molecule has 0 spiro atoms. The summed E-state index contributed by atoms with van der Waals surface area (Å²) in [5.41, 5.74) is 0. The molecule has 0 aliphatic heterocycles. The molecule has 0 rings (SSSR count). The number of methoxy groups -OCH3 is 1. The van der Waals surface area contributed by atoms with Gasteiger partial charge >= 0.3 is 5.97 Å². The van der Waals surface area contributed by atoms with Crippen LogP contribution in [0.5, 0.6) is 0 Å². The third-order valence-corrected chi connectivity index (χ3v) is 3.19. The first-order valence-electron chi connectivity index (χ1n) is 7.19. The molecule has 0 saturated heterocycles. The fraction of sp³-hybridized carbons (Fsp3) is 0.812. The van der Waals surface area contributed by atoms with Crippen molar-refractivity contribution in [2.75, 3.05) is 7.11 Å². The Kier molecular flexibility index (Phi) is 9.72. The Morgan fingerprint density at radius 3 is 2.39 bits per heavy atom. The number of ether oxygens (including phenoxy) is 1. The van der Waals surface area contributed by atoms with Crippen molar-refractivity contribution in [1.29, 1.82) is 0 Å². The van der Waals surface area contributed by atoms with Gasteiger partial charge in [-0.25, -0.2) is 0 Å². The maximum atomic E-state index is 11.1. The summed E-state index contributed by atoms with van der Waals surface area (Å²) in [6.07, 6.45) is 9.87. The molecule has 0 aromatic heterocycles. The fourth-order valence-corrected chi connectivity index (χ4v) is 1.94. The molecule has 0 aliphatic carbocycles. The normalized spacial score (nSPS) is 15.0. The van der Waals surface area contributed by atoms with Crippen LogP contribution in [0.4, 0.5) is 0 Å². The summed E-state index contributed by atoms with van der Waals surface area (Å²) in [7, 11) is 1.45. The Morgan fingerprint density at radius 2 is 1.83 bits per heavy atom. The van der Waals surface area contributed by atoms with Gasteiger partial charge in [0.1, 0.15) is 0 Å². The highest BCUT2D eigenvalue weighted by atomic mass is 16.5. The molecule has 0 aliphatic rings. The van der Waals surface area contributed by atoms with Crippen LogP contribution in [-0.4, -0.2) is 13.1 Å². The van der Waals surface area contributed by atoms with Crippen LogP contribution in [0.2, 0.25) is 0 Å². The molecule has 0 aromatic rings. The highest BCUT2D eigenvalue weighted by Crippen LogP contribution is 2.15. The fourth-order valence-electron chi connectivity index (χ4n) is 1.94. The van der Waals surface area contributed by atoms with Crippen molar-refractivity contribution < 1.29 is 9.53 Å². The van der Waals surface area contributed by atoms with Gasteiger partial charge in [-0.1, -0.05) is 52.7 Å². The zero-order chi connectivity index (χ0) is 14.0. The van der Waals surface area contributed by atoms with E-state index in [-0.39, 0.29) is 5.97 Å². The van der Waals surface area contributed by atoms with Gasteiger partial charge in [0.05, 0.1) is 7.11 Å². The Morgan fingerprint density at radius 1 is 1.17 bits per heavy atom. The largest absolute Gasteiger partial charge is 0.469 e. The molecule has 0 radical (unpaired) electrons. The minimum Gasteiger partial charge on any atom is -0.469 e. The summed E-state index contributed by atoms with van der Waals surface area (Å²) >= 11 is 0. The maximum absolute atomic E-state index is 11.1. The van der Waals surface area contributed by atoms with E-state index in [1.54, 1.807) is 0 Å². The van der Waals surface area contributed by atoms with Gasteiger partial charge in [-0.05, 0) is 30.6 Å². The van der Waals surface area contributed by atoms with E-state index in [4.69, 9.17) is 0 Å². The molecule has 2 nitrogen and oxygen atoms in total.